The second kappa shape index (κ2) is 9.10. The summed E-state index contributed by atoms with van der Waals surface area (Å²) in [5, 5.41) is 12.6. The van der Waals surface area contributed by atoms with Crippen molar-refractivity contribution in [2.75, 3.05) is 31.1 Å². The molecule has 0 unspecified atom stereocenters. The van der Waals surface area contributed by atoms with Crippen LogP contribution in [-0.2, 0) is 6.54 Å². The average molecular weight is 307 g/mol. The van der Waals surface area contributed by atoms with Gasteiger partial charge in [0.15, 0.2) is 0 Å². The van der Waals surface area contributed by atoms with Gasteiger partial charge in [0, 0.05) is 13.1 Å². The van der Waals surface area contributed by atoms with Crippen molar-refractivity contribution in [1.82, 2.24) is 5.32 Å². The van der Waals surface area contributed by atoms with Crippen LogP contribution in [0.25, 0.3) is 0 Å². The molecule has 20 heavy (non-hydrogen) atoms. The quantitative estimate of drug-likeness (QED) is 0.689. The largest absolute Gasteiger partial charge is 0.395 e. The smallest absolute Gasteiger partial charge is 0.255 e. The molecule has 114 valence electrons. The number of hydrogen-bond acceptors (Lipinski definition) is 3. The Kier molecular flexibility index (Phi) is 7.80. The molecule has 0 spiro atoms. The summed E-state index contributed by atoms with van der Waals surface area (Å²) in [6.07, 6.45) is -1.42. The minimum Gasteiger partial charge on any atom is -0.395 e. The summed E-state index contributed by atoms with van der Waals surface area (Å²) in [5.74, 6) is 0. The Bertz CT molecular complexity index is 405. The van der Waals surface area contributed by atoms with Crippen LogP contribution >= 0.6 is 11.6 Å². The van der Waals surface area contributed by atoms with Crippen molar-refractivity contribution in [3.05, 3.63) is 28.8 Å². The lowest BCUT2D eigenvalue weighted by Gasteiger charge is -2.25. The molecular weight excluding hydrogens is 286 g/mol. The van der Waals surface area contributed by atoms with Crippen molar-refractivity contribution in [3.63, 3.8) is 0 Å². The first-order valence-corrected chi connectivity index (χ1v) is 7.09. The van der Waals surface area contributed by atoms with Gasteiger partial charge in [-0.05, 0) is 30.7 Å². The second-order valence-electron chi connectivity index (χ2n) is 4.52. The summed E-state index contributed by atoms with van der Waals surface area (Å²) < 4.78 is 25.1. The average Bonchev–Trinajstić information content (AvgIpc) is 2.38. The predicted molar refractivity (Wildman–Crippen MR) is 78.8 cm³/mol. The van der Waals surface area contributed by atoms with Crippen LogP contribution in [0.4, 0.5) is 14.5 Å². The molecule has 0 heterocycles. The lowest BCUT2D eigenvalue weighted by molar-refractivity contribution is 0.153. The van der Waals surface area contributed by atoms with E-state index in [-0.39, 0.29) is 13.2 Å². The highest BCUT2D eigenvalue weighted by atomic mass is 35.5. The van der Waals surface area contributed by atoms with Crippen LogP contribution in [0.2, 0.25) is 5.02 Å². The number of anilines is 1. The van der Waals surface area contributed by atoms with Crippen LogP contribution in [0, 0.1) is 0 Å². The van der Waals surface area contributed by atoms with E-state index in [0.717, 1.165) is 18.5 Å². The number of aliphatic hydroxyl groups excluding tert-OH is 1. The minimum absolute atomic E-state index is 0.136. The van der Waals surface area contributed by atoms with Gasteiger partial charge in [0.2, 0.25) is 0 Å². The first-order valence-electron chi connectivity index (χ1n) is 6.71. The fraction of sp³-hybridized carbons (Fsp3) is 0.571. The molecule has 0 aliphatic heterocycles. The molecule has 0 radical (unpaired) electrons. The Morgan fingerprint density at radius 1 is 1.40 bits per heavy atom. The lowest BCUT2D eigenvalue weighted by Crippen LogP contribution is -2.31. The van der Waals surface area contributed by atoms with Crippen LogP contribution in [0.5, 0.6) is 0 Å². The summed E-state index contributed by atoms with van der Waals surface area (Å²) >= 11 is 6.16. The molecule has 0 fully saturated rings. The molecule has 6 heteroatoms. The van der Waals surface area contributed by atoms with E-state index in [1.165, 1.54) is 4.90 Å². The molecule has 1 aromatic rings. The maximum absolute atomic E-state index is 12.5. The Balaban J connectivity index is 2.78. The first kappa shape index (κ1) is 17.1. The van der Waals surface area contributed by atoms with Crippen molar-refractivity contribution in [2.24, 2.45) is 0 Å². The summed E-state index contributed by atoms with van der Waals surface area (Å²) in [7, 11) is 0. The zero-order valence-corrected chi connectivity index (χ0v) is 12.3. The molecule has 1 aromatic carbocycles. The summed E-state index contributed by atoms with van der Waals surface area (Å²) in [6, 6.07) is 5.36. The molecule has 0 saturated heterocycles. The van der Waals surface area contributed by atoms with E-state index in [9.17, 15) is 8.78 Å². The van der Waals surface area contributed by atoms with E-state index < -0.39 is 13.0 Å². The highest BCUT2D eigenvalue weighted by molar-refractivity contribution is 6.33. The third-order valence-corrected chi connectivity index (χ3v) is 3.14. The molecule has 0 amide bonds. The molecule has 0 bridgehead atoms. The van der Waals surface area contributed by atoms with Crippen molar-refractivity contribution in [1.29, 1.82) is 0 Å². The van der Waals surface area contributed by atoms with Crippen molar-refractivity contribution >= 4 is 17.3 Å². The van der Waals surface area contributed by atoms with E-state index >= 15 is 0 Å². The molecule has 0 aromatic heterocycles. The van der Waals surface area contributed by atoms with Crippen molar-refractivity contribution in [3.8, 4) is 0 Å². The number of rotatable bonds is 9. The van der Waals surface area contributed by atoms with E-state index in [1.54, 1.807) is 12.1 Å². The van der Waals surface area contributed by atoms with Gasteiger partial charge in [-0.3, -0.25) is 0 Å². The molecule has 1 rings (SSSR count). The number of nitrogens with one attached hydrogen (secondary N) is 1. The third-order valence-electron chi connectivity index (χ3n) is 2.84. The van der Waals surface area contributed by atoms with Gasteiger partial charge < -0.3 is 15.3 Å². The van der Waals surface area contributed by atoms with Crippen LogP contribution in [0.1, 0.15) is 18.9 Å². The number of nitrogens with zero attached hydrogens (tertiary/aromatic N) is 1. The van der Waals surface area contributed by atoms with Gasteiger partial charge in [-0.15, -0.1) is 0 Å². The maximum Gasteiger partial charge on any atom is 0.255 e. The Morgan fingerprint density at radius 3 is 2.70 bits per heavy atom. The Morgan fingerprint density at radius 2 is 2.15 bits per heavy atom. The van der Waals surface area contributed by atoms with Gasteiger partial charge >= 0.3 is 0 Å². The van der Waals surface area contributed by atoms with E-state index in [0.29, 0.717) is 17.3 Å². The predicted octanol–water partition coefficient (Wildman–Crippen LogP) is 2.90. The maximum atomic E-state index is 12.5. The molecule has 2 N–H and O–H groups in total. The fourth-order valence-corrected chi connectivity index (χ4v) is 2.25. The SMILES string of the molecule is CCCNCc1ccc(N(CCO)CC(F)F)c(Cl)c1. The molecule has 0 aliphatic rings. The van der Waals surface area contributed by atoms with E-state index in [1.807, 2.05) is 6.07 Å². The number of aliphatic hydroxyl groups is 1. The number of alkyl halides is 2. The van der Waals surface area contributed by atoms with Gasteiger partial charge in [-0.1, -0.05) is 24.6 Å². The van der Waals surface area contributed by atoms with Crippen LogP contribution in [0.15, 0.2) is 18.2 Å². The van der Waals surface area contributed by atoms with Crippen LogP contribution in [-0.4, -0.2) is 37.8 Å². The van der Waals surface area contributed by atoms with Crippen LogP contribution in [0.3, 0.4) is 0 Å². The van der Waals surface area contributed by atoms with Crippen molar-refractivity contribution in [2.45, 2.75) is 26.3 Å². The molecule has 0 atom stereocenters. The lowest BCUT2D eigenvalue weighted by atomic mass is 10.2. The van der Waals surface area contributed by atoms with Gasteiger partial charge in [-0.25, -0.2) is 8.78 Å². The topological polar surface area (TPSA) is 35.5 Å². The van der Waals surface area contributed by atoms with Crippen molar-refractivity contribution < 1.29 is 13.9 Å². The normalized spacial score (nSPS) is 11.1. The van der Waals surface area contributed by atoms with Gasteiger partial charge in [0.05, 0.1) is 23.9 Å². The third kappa shape index (κ3) is 5.61. The molecular formula is C14H21ClF2N2O. The highest BCUT2D eigenvalue weighted by Crippen LogP contribution is 2.27. The van der Waals surface area contributed by atoms with Crippen LogP contribution < -0.4 is 10.2 Å². The Labute approximate surface area is 123 Å². The standard InChI is InChI=1S/C14H21ClF2N2O/c1-2-5-18-9-11-3-4-13(12(15)8-11)19(6-7-20)10-14(16)17/h3-4,8,14,18,20H,2,5-7,9-10H2,1H3. The summed E-state index contributed by atoms with van der Waals surface area (Å²) in [4.78, 5) is 1.40. The second-order valence-corrected chi connectivity index (χ2v) is 4.93. The monoisotopic (exact) mass is 306 g/mol. The highest BCUT2D eigenvalue weighted by Gasteiger charge is 2.15. The van der Waals surface area contributed by atoms with Gasteiger partial charge in [-0.2, -0.15) is 0 Å². The van der Waals surface area contributed by atoms with E-state index in [2.05, 4.69) is 12.2 Å². The zero-order valence-electron chi connectivity index (χ0n) is 11.6. The number of hydrogen-bond donors (Lipinski definition) is 2. The van der Waals surface area contributed by atoms with Gasteiger partial charge in [0.1, 0.15) is 0 Å². The molecule has 0 saturated carbocycles. The number of benzene rings is 1. The van der Waals surface area contributed by atoms with E-state index in [4.69, 9.17) is 16.7 Å². The molecule has 3 nitrogen and oxygen atoms in total. The Hall–Kier alpha value is -0.910. The fourth-order valence-electron chi connectivity index (χ4n) is 1.92. The first-order chi connectivity index (χ1) is 9.58. The summed E-state index contributed by atoms with van der Waals surface area (Å²) in [6.45, 7) is 3.21. The summed E-state index contributed by atoms with van der Waals surface area (Å²) in [5.41, 5.74) is 1.54. The number of halogens is 3. The van der Waals surface area contributed by atoms with Gasteiger partial charge in [0.25, 0.3) is 6.43 Å². The minimum atomic E-state index is -2.47. The molecule has 0 aliphatic carbocycles. The zero-order chi connectivity index (χ0) is 15.0.